The van der Waals surface area contributed by atoms with Crippen molar-refractivity contribution in [3.05, 3.63) is 28.8 Å². The van der Waals surface area contributed by atoms with Crippen LogP contribution in [-0.2, 0) is 4.79 Å². The SMILES string of the molecule is CC(C)Oc1ccc(Cl)cc1C(=O)N1CCCC(N2CCNCC2=O)C1.Cl. The molecule has 2 aliphatic rings. The van der Waals surface area contributed by atoms with Gasteiger partial charge in [-0.3, -0.25) is 9.59 Å². The maximum absolute atomic E-state index is 13.1. The second-order valence-corrected chi connectivity index (χ2v) is 7.55. The number of nitrogens with one attached hydrogen (secondary N) is 1. The Bertz CT molecular complexity index is 684. The molecule has 150 valence electrons. The molecule has 0 bridgehead atoms. The van der Waals surface area contributed by atoms with E-state index in [-0.39, 0.29) is 36.4 Å². The smallest absolute Gasteiger partial charge is 0.257 e. The molecule has 0 saturated carbocycles. The molecule has 2 heterocycles. The van der Waals surface area contributed by atoms with Crippen molar-refractivity contribution in [3.8, 4) is 5.75 Å². The van der Waals surface area contributed by atoms with Gasteiger partial charge in [-0.1, -0.05) is 11.6 Å². The third-order valence-electron chi connectivity index (χ3n) is 4.79. The average molecular weight is 416 g/mol. The first-order valence-electron chi connectivity index (χ1n) is 9.21. The summed E-state index contributed by atoms with van der Waals surface area (Å²) in [5.41, 5.74) is 0.485. The number of hydrogen-bond donors (Lipinski definition) is 1. The topological polar surface area (TPSA) is 61.9 Å². The van der Waals surface area contributed by atoms with Crippen LogP contribution in [0.3, 0.4) is 0 Å². The highest BCUT2D eigenvalue weighted by Gasteiger charge is 2.32. The van der Waals surface area contributed by atoms with Crippen LogP contribution >= 0.6 is 24.0 Å². The Hall–Kier alpha value is -1.50. The van der Waals surface area contributed by atoms with Gasteiger partial charge in [0, 0.05) is 37.2 Å². The lowest BCUT2D eigenvalue weighted by Gasteiger charge is -2.41. The van der Waals surface area contributed by atoms with Crippen molar-refractivity contribution in [3.63, 3.8) is 0 Å². The van der Waals surface area contributed by atoms with Gasteiger partial charge in [-0.05, 0) is 44.9 Å². The number of amides is 2. The van der Waals surface area contributed by atoms with Crippen molar-refractivity contribution in [2.75, 3.05) is 32.7 Å². The summed E-state index contributed by atoms with van der Waals surface area (Å²) >= 11 is 6.12. The van der Waals surface area contributed by atoms with Gasteiger partial charge >= 0.3 is 0 Å². The minimum atomic E-state index is -0.0876. The molecule has 3 rings (SSSR count). The van der Waals surface area contributed by atoms with E-state index in [4.69, 9.17) is 16.3 Å². The number of piperazine rings is 1. The van der Waals surface area contributed by atoms with Crippen LogP contribution in [0.25, 0.3) is 0 Å². The lowest BCUT2D eigenvalue weighted by atomic mass is 10.0. The zero-order chi connectivity index (χ0) is 18.7. The van der Waals surface area contributed by atoms with Gasteiger partial charge < -0.3 is 19.9 Å². The van der Waals surface area contributed by atoms with Crippen molar-refractivity contribution in [1.29, 1.82) is 0 Å². The maximum Gasteiger partial charge on any atom is 0.257 e. The lowest BCUT2D eigenvalue weighted by molar-refractivity contribution is -0.135. The Morgan fingerprint density at radius 2 is 2.11 bits per heavy atom. The molecule has 27 heavy (non-hydrogen) atoms. The summed E-state index contributed by atoms with van der Waals surface area (Å²) in [6.07, 6.45) is 1.78. The number of piperidine rings is 1. The predicted molar refractivity (Wildman–Crippen MR) is 108 cm³/mol. The van der Waals surface area contributed by atoms with Gasteiger partial charge in [0.05, 0.1) is 18.2 Å². The van der Waals surface area contributed by atoms with Crippen LogP contribution in [0.1, 0.15) is 37.0 Å². The summed E-state index contributed by atoms with van der Waals surface area (Å²) in [5, 5.41) is 3.60. The number of hydrogen-bond acceptors (Lipinski definition) is 4. The first-order chi connectivity index (χ1) is 12.5. The molecular weight excluding hydrogens is 389 g/mol. The summed E-state index contributed by atoms with van der Waals surface area (Å²) < 4.78 is 5.79. The van der Waals surface area contributed by atoms with E-state index in [1.54, 1.807) is 18.2 Å². The largest absolute Gasteiger partial charge is 0.490 e. The van der Waals surface area contributed by atoms with E-state index < -0.39 is 0 Å². The van der Waals surface area contributed by atoms with Crippen LogP contribution in [0.5, 0.6) is 5.75 Å². The number of nitrogens with zero attached hydrogens (tertiary/aromatic N) is 2. The van der Waals surface area contributed by atoms with Gasteiger partial charge in [0.25, 0.3) is 5.91 Å². The average Bonchev–Trinajstić information content (AvgIpc) is 2.63. The van der Waals surface area contributed by atoms with Crippen molar-refractivity contribution in [1.82, 2.24) is 15.1 Å². The quantitative estimate of drug-likeness (QED) is 0.820. The van der Waals surface area contributed by atoms with E-state index >= 15 is 0 Å². The molecule has 1 N–H and O–H groups in total. The Morgan fingerprint density at radius 3 is 2.81 bits per heavy atom. The van der Waals surface area contributed by atoms with Crippen LogP contribution in [0.2, 0.25) is 5.02 Å². The van der Waals surface area contributed by atoms with Gasteiger partial charge in [-0.15, -0.1) is 12.4 Å². The van der Waals surface area contributed by atoms with Crippen LogP contribution in [0.4, 0.5) is 0 Å². The minimum Gasteiger partial charge on any atom is -0.490 e. The molecular formula is C19H27Cl2N3O3. The molecule has 2 amide bonds. The van der Waals surface area contributed by atoms with Crippen LogP contribution in [0.15, 0.2) is 18.2 Å². The van der Waals surface area contributed by atoms with Crippen LogP contribution < -0.4 is 10.1 Å². The van der Waals surface area contributed by atoms with Gasteiger partial charge in [0.1, 0.15) is 5.75 Å². The number of carbonyl (C=O) groups excluding carboxylic acids is 2. The number of carbonyl (C=O) groups is 2. The Labute approximate surface area is 171 Å². The van der Waals surface area contributed by atoms with Crippen molar-refractivity contribution in [2.24, 2.45) is 0 Å². The van der Waals surface area contributed by atoms with E-state index in [9.17, 15) is 9.59 Å². The molecule has 0 spiro atoms. The summed E-state index contributed by atoms with van der Waals surface area (Å²) in [6, 6.07) is 5.22. The van der Waals surface area contributed by atoms with E-state index in [1.807, 2.05) is 23.6 Å². The van der Waals surface area contributed by atoms with Gasteiger partial charge in [0.15, 0.2) is 0 Å². The Balaban J connectivity index is 0.00000261. The summed E-state index contributed by atoms with van der Waals surface area (Å²) in [5.74, 6) is 0.576. The molecule has 6 nitrogen and oxygen atoms in total. The van der Waals surface area contributed by atoms with E-state index in [1.165, 1.54) is 0 Å². The highest BCUT2D eigenvalue weighted by molar-refractivity contribution is 6.31. The number of ether oxygens (including phenoxy) is 1. The van der Waals surface area contributed by atoms with E-state index in [0.717, 1.165) is 19.4 Å². The molecule has 1 atom stereocenters. The lowest BCUT2D eigenvalue weighted by Crippen LogP contribution is -2.57. The molecule has 0 radical (unpaired) electrons. The zero-order valence-corrected chi connectivity index (χ0v) is 17.3. The highest BCUT2D eigenvalue weighted by Crippen LogP contribution is 2.27. The molecule has 2 aliphatic heterocycles. The monoisotopic (exact) mass is 415 g/mol. The Morgan fingerprint density at radius 1 is 1.33 bits per heavy atom. The molecule has 0 aliphatic carbocycles. The molecule has 2 saturated heterocycles. The standard InChI is InChI=1S/C19H26ClN3O3.ClH/c1-13(2)26-17-6-5-14(20)10-16(17)19(25)22-8-3-4-15(12-22)23-9-7-21-11-18(23)24;/h5-6,10,13,15,21H,3-4,7-9,11-12H2,1-2H3;1H. The summed E-state index contributed by atoms with van der Waals surface area (Å²) in [4.78, 5) is 29.1. The van der Waals surface area contributed by atoms with Crippen molar-refractivity contribution in [2.45, 2.75) is 38.8 Å². The normalized spacial score (nSPS) is 20.4. The van der Waals surface area contributed by atoms with Crippen LogP contribution in [0, 0.1) is 0 Å². The predicted octanol–water partition coefficient (Wildman–Crippen LogP) is 2.59. The Kier molecular flexibility index (Phi) is 7.77. The fourth-order valence-electron chi connectivity index (χ4n) is 3.60. The molecule has 1 unspecified atom stereocenters. The van der Waals surface area contributed by atoms with Crippen molar-refractivity contribution < 1.29 is 14.3 Å². The van der Waals surface area contributed by atoms with Crippen LogP contribution in [-0.4, -0.2) is 66.5 Å². The third kappa shape index (κ3) is 5.27. The van der Waals surface area contributed by atoms with Gasteiger partial charge in [0.2, 0.25) is 5.91 Å². The molecule has 0 aromatic heterocycles. The number of benzene rings is 1. The van der Waals surface area contributed by atoms with Gasteiger partial charge in [-0.25, -0.2) is 0 Å². The second-order valence-electron chi connectivity index (χ2n) is 7.12. The zero-order valence-electron chi connectivity index (χ0n) is 15.7. The van der Waals surface area contributed by atoms with Gasteiger partial charge in [-0.2, -0.15) is 0 Å². The van der Waals surface area contributed by atoms with Crippen molar-refractivity contribution >= 4 is 35.8 Å². The summed E-state index contributed by atoms with van der Waals surface area (Å²) in [6.45, 7) is 6.97. The highest BCUT2D eigenvalue weighted by atomic mass is 35.5. The van der Waals surface area contributed by atoms with E-state index in [2.05, 4.69) is 5.32 Å². The number of rotatable bonds is 4. The fraction of sp³-hybridized carbons (Fsp3) is 0.579. The molecule has 8 heteroatoms. The molecule has 2 fully saturated rings. The number of likely N-dealkylation sites (tertiary alicyclic amines) is 1. The first kappa shape index (κ1) is 21.8. The van der Waals surface area contributed by atoms with E-state index in [0.29, 0.717) is 42.5 Å². The molecule has 1 aromatic carbocycles. The number of halogens is 2. The minimum absolute atomic E-state index is 0. The molecule has 1 aromatic rings. The summed E-state index contributed by atoms with van der Waals surface area (Å²) in [7, 11) is 0. The first-order valence-corrected chi connectivity index (χ1v) is 9.59. The maximum atomic E-state index is 13.1. The third-order valence-corrected chi connectivity index (χ3v) is 5.02. The fourth-order valence-corrected chi connectivity index (χ4v) is 3.77. The second kappa shape index (κ2) is 9.62.